The van der Waals surface area contributed by atoms with Crippen LogP contribution in [0.5, 0.6) is 0 Å². The van der Waals surface area contributed by atoms with E-state index in [-0.39, 0.29) is 0 Å². The summed E-state index contributed by atoms with van der Waals surface area (Å²) in [7, 11) is 2.02. The zero-order chi connectivity index (χ0) is 9.97. The smallest absolute Gasteiger partial charge is 0.191 e. The van der Waals surface area contributed by atoms with Crippen molar-refractivity contribution < 1.29 is 4.42 Å². The fraction of sp³-hybridized carbons (Fsp3) is 0.700. The lowest BCUT2D eigenvalue weighted by Gasteiger charge is -2.13. The van der Waals surface area contributed by atoms with Crippen LogP contribution in [0.25, 0.3) is 0 Å². The van der Waals surface area contributed by atoms with E-state index in [0.717, 1.165) is 31.2 Å². The van der Waals surface area contributed by atoms with Gasteiger partial charge in [0.25, 0.3) is 0 Å². The molecule has 14 heavy (non-hydrogen) atoms. The van der Waals surface area contributed by atoms with E-state index in [1.54, 1.807) is 6.26 Å². The second-order valence-electron chi connectivity index (χ2n) is 3.87. The highest BCUT2D eigenvalue weighted by molar-refractivity contribution is 4.96. The topological polar surface area (TPSA) is 41.3 Å². The third kappa shape index (κ3) is 2.13. The molecule has 0 radical (unpaired) electrons. The van der Waals surface area contributed by atoms with E-state index in [0.29, 0.717) is 6.04 Å². The molecule has 1 N–H and O–H groups in total. The van der Waals surface area contributed by atoms with Crippen molar-refractivity contribution in [1.29, 1.82) is 0 Å². The van der Waals surface area contributed by atoms with Crippen molar-refractivity contribution in [1.82, 2.24) is 15.2 Å². The van der Waals surface area contributed by atoms with Crippen LogP contribution in [0.1, 0.15) is 18.0 Å². The molecule has 0 spiro atoms. The van der Waals surface area contributed by atoms with Crippen LogP contribution < -0.4 is 5.32 Å². The first kappa shape index (κ1) is 9.68. The number of oxazole rings is 1. The molecule has 1 fully saturated rings. The van der Waals surface area contributed by atoms with E-state index in [9.17, 15) is 0 Å². The molecule has 1 aromatic heterocycles. The van der Waals surface area contributed by atoms with Crippen LogP contribution in [0, 0.1) is 6.92 Å². The molecule has 0 amide bonds. The van der Waals surface area contributed by atoms with E-state index in [4.69, 9.17) is 4.42 Å². The molecule has 1 aromatic rings. The van der Waals surface area contributed by atoms with Crippen molar-refractivity contribution in [2.24, 2.45) is 0 Å². The molecule has 0 aromatic carbocycles. The zero-order valence-corrected chi connectivity index (χ0v) is 8.79. The average molecular weight is 195 g/mol. The number of hydrogen-bond acceptors (Lipinski definition) is 4. The molecule has 2 heterocycles. The third-order valence-corrected chi connectivity index (χ3v) is 2.73. The summed E-state index contributed by atoms with van der Waals surface area (Å²) in [6.07, 6.45) is 2.98. The number of likely N-dealkylation sites (tertiary alicyclic amines) is 1. The summed E-state index contributed by atoms with van der Waals surface area (Å²) in [6, 6.07) is 0.642. The first-order valence-corrected chi connectivity index (χ1v) is 5.08. The van der Waals surface area contributed by atoms with Crippen LogP contribution in [-0.2, 0) is 6.54 Å². The Morgan fingerprint density at radius 1 is 1.71 bits per heavy atom. The van der Waals surface area contributed by atoms with Gasteiger partial charge in [0.1, 0.15) is 6.26 Å². The van der Waals surface area contributed by atoms with Gasteiger partial charge in [0.15, 0.2) is 5.89 Å². The third-order valence-electron chi connectivity index (χ3n) is 2.73. The van der Waals surface area contributed by atoms with Crippen molar-refractivity contribution >= 4 is 0 Å². The van der Waals surface area contributed by atoms with Gasteiger partial charge < -0.3 is 9.73 Å². The van der Waals surface area contributed by atoms with Crippen molar-refractivity contribution in [3.8, 4) is 0 Å². The fourth-order valence-electron chi connectivity index (χ4n) is 1.92. The number of nitrogens with one attached hydrogen (secondary N) is 1. The zero-order valence-electron chi connectivity index (χ0n) is 8.79. The molecule has 0 bridgehead atoms. The Bertz CT molecular complexity index is 297. The van der Waals surface area contributed by atoms with Crippen LogP contribution in [0.2, 0.25) is 0 Å². The fourth-order valence-corrected chi connectivity index (χ4v) is 1.92. The van der Waals surface area contributed by atoms with E-state index in [1.807, 2.05) is 14.0 Å². The van der Waals surface area contributed by atoms with Crippen molar-refractivity contribution in [3.63, 3.8) is 0 Å². The summed E-state index contributed by atoms with van der Waals surface area (Å²) in [5, 5.41) is 3.30. The first-order valence-electron chi connectivity index (χ1n) is 5.08. The predicted octanol–water partition coefficient (Wildman–Crippen LogP) is 0.777. The Hall–Kier alpha value is -0.870. The van der Waals surface area contributed by atoms with Gasteiger partial charge in [-0.15, -0.1) is 0 Å². The Labute approximate surface area is 84.3 Å². The number of aromatic nitrogens is 1. The maximum Gasteiger partial charge on any atom is 0.191 e. The Kier molecular flexibility index (Phi) is 2.84. The van der Waals surface area contributed by atoms with Gasteiger partial charge in [0.2, 0.25) is 0 Å². The van der Waals surface area contributed by atoms with Gasteiger partial charge in [0, 0.05) is 32.6 Å². The second-order valence-corrected chi connectivity index (χ2v) is 3.87. The van der Waals surface area contributed by atoms with Crippen LogP contribution in [-0.4, -0.2) is 36.1 Å². The lowest BCUT2D eigenvalue weighted by molar-refractivity contribution is 0.318. The molecule has 0 aliphatic carbocycles. The summed E-state index contributed by atoms with van der Waals surface area (Å²) < 4.78 is 5.17. The number of rotatable bonds is 3. The second kappa shape index (κ2) is 4.11. The SMILES string of the molecule is CNC1CCN(Cc2coc(C)n2)C1. The van der Waals surface area contributed by atoms with Gasteiger partial charge in [-0.25, -0.2) is 4.98 Å². The number of likely N-dealkylation sites (N-methyl/N-ethyl adjacent to an activating group) is 1. The summed E-state index contributed by atoms with van der Waals surface area (Å²) in [6.45, 7) is 5.05. The monoisotopic (exact) mass is 195 g/mol. The van der Waals surface area contributed by atoms with Crippen molar-refractivity contribution in [3.05, 3.63) is 17.8 Å². The van der Waals surface area contributed by atoms with E-state index >= 15 is 0 Å². The van der Waals surface area contributed by atoms with Gasteiger partial charge in [-0.3, -0.25) is 4.90 Å². The predicted molar refractivity (Wildman–Crippen MR) is 54.0 cm³/mol. The van der Waals surface area contributed by atoms with Gasteiger partial charge >= 0.3 is 0 Å². The molecular weight excluding hydrogens is 178 g/mol. The van der Waals surface area contributed by atoms with Crippen LogP contribution in [0.15, 0.2) is 10.7 Å². The summed E-state index contributed by atoms with van der Waals surface area (Å²) in [5.74, 6) is 0.754. The molecule has 4 heteroatoms. The van der Waals surface area contributed by atoms with Crippen molar-refractivity contribution in [2.75, 3.05) is 20.1 Å². The van der Waals surface area contributed by atoms with E-state index in [1.165, 1.54) is 6.42 Å². The molecule has 4 nitrogen and oxygen atoms in total. The standard InChI is InChI=1S/C10H17N3O/c1-8-12-10(7-14-8)6-13-4-3-9(5-13)11-2/h7,9,11H,3-6H2,1-2H3. The molecule has 1 aliphatic rings. The molecule has 78 valence electrons. The van der Waals surface area contributed by atoms with Crippen LogP contribution >= 0.6 is 0 Å². The molecular formula is C10H17N3O. The molecule has 1 atom stereocenters. The lowest BCUT2D eigenvalue weighted by atomic mass is 10.3. The lowest BCUT2D eigenvalue weighted by Crippen LogP contribution is -2.29. The van der Waals surface area contributed by atoms with Gasteiger partial charge in [0.05, 0.1) is 5.69 Å². The van der Waals surface area contributed by atoms with E-state index < -0.39 is 0 Å². The summed E-state index contributed by atoms with van der Waals surface area (Å²) in [5.41, 5.74) is 1.04. The van der Waals surface area contributed by atoms with Crippen molar-refractivity contribution in [2.45, 2.75) is 25.9 Å². The van der Waals surface area contributed by atoms with Gasteiger partial charge in [-0.05, 0) is 13.5 Å². The Balaban J connectivity index is 1.87. The van der Waals surface area contributed by atoms with E-state index in [2.05, 4.69) is 15.2 Å². The number of nitrogens with zero attached hydrogens (tertiary/aromatic N) is 2. The maximum absolute atomic E-state index is 5.17. The number of aryl methyl sites for hydroxylation is 1. The first-order chi connectivity index (χ1) is 6.78. The normalized spacial score (nSPS) is 23.1. The minimum Gasteiger partial charge on any atom is -0.449 e. The van der Waals surface area contributed by atoms with Crippen LogP contribution in [0.3, 0.4) is 0 Å². The highest BCUT2D eigenvalue weighted by atomic mass is 16.3. The molecule has 2 rings (SSSR count). The summed E-state index contributed by atoms with van der Waals surface area (Å²) >= 11 is 0. The maximum atomic E-state index is 5.17. The average Bonchev–Trinajstić information content (AvgIpc) is 2.76. The van der Waals surface area contributed by atoms with Gasteiger partial charge in [-0.2, -0.15) is 0 Å². The molecule has 0 saturated carbocycles. The molecule has 1 unspecified atom stereocenters. The quantitative estimate of drug-likeness (QED) is 0.773. The summed E-state index contributed by atoms with van der Waals surface area (Å²) in [4.78, 5) is 6.70. The van der Waals surface area contributed by atoms with Gasteiger partial charge in [-0.1, -0.05) is 0 Å². The molecule has 1 saturated heterocycles. The number of hydrogen-bond donors (Lipinski definition) is 1. The Morgan fingerprint density at radius 3 is 3.14 bits per heavy atom. The highest BCUT2D eigenvalue weighted by Crippen LogP contribution is 2.12. The minimum atomic E-state index is 0.642. The Morgan fingerprint density at radius 2 is 2.57 bits per heavy atom. The van der Waals surface area contributed by atoms with Crippen LogP contribution in [0.4, 0.5) is 0 Å². The molecule has 1 aliphatic heterocycles. The minimum absolute atomic E-state index is 0.642. The highest BCUT2D eigenvalue weighted by Gasteiger charge is 2.21. The largest absolute Gasteiger partial charge is 0.449 e.